The molecule has 0 saturated carbocycles. The number of carbonyl (C=O) groups is 1. The molecule has 4 rings (SSSR count). The maximum atomic E-state index is 12.9. The first-order valence-corrected chi connectivity index (χ1v) is 9.43. The lowest BCUT2D eigenvalue weighted by molar-refractivity contribution is 0.0878. The Bertz CT molecular complexity index is 991. The van der Waals surface area contributed by atoms with Gasteiger partial charge in [0.25, 0.3) is 0 Å². The number of benzene rings is 3. The van der Waals surface area contributed by atoms with Gasteiger partial charge in [-0.2, -0.15) is 0 Å². The van der Waals surface area contributed by atoms with Crippen molar-refractivity contribution in [1.29, 1.82) is 0 Å². The van der Waals surface area contributed by atoms with Crippen LogP contribution in [-0.4, -0.2) is 11.9 Å². The SMILES string of the molecule is C/C(=C\c1ccccc1)C1CC(=O)c2c(OCc3ccccc3)cccc2O1. The molecule has 1 unspecified atom stereocenters. The molecule has 28 heavy (non-hydrogen) atoms. The molecule has 1 heterocycles. The fraction of sp³-hybridized carbons (Fsp3) is 0.160. The zero-order valence-electron chi connectivity index (χ0n) is 15.8. The normalized spacial score (nSPS) is 16.2. The zero-order valence-corrected chi connectivity index (χ0v) is 15.8. The molecule has 3 heteroatoms. The molecule has 0 N–H and O–H groups in total. The second kappa shape index (κ2) is 8.13. The van der Waals surface area contributed by atoms with Crippen LogP contribution in [0.3, 0.4) is 0 Å². The average Bonchev–Trinajstić information content (AvgIpc) is 2.73. The van der Waals surface area contributed by atoms with E-state index in [2.05, 4.69) is 6.08 Å². The summed E-state index contributed by atoms with van der Waals surface area (Å²) in [6.07, 6.45) is 2.12. The van der Waals surface area contributed by atoms with Crippen molar-refractivity contribution in [2.45, 2.75) is 26.1 Å². The fourth-order valence-electron chi connectivity index (χ4n) is 3.36. The van der Waals surface area contributed by atoms with E-state index in [1.165, 1.54) is 0 Å². The van der Waals surface area contributed by atoms with E-state index in [1.54, 1.807) is 0 Å². The van der Waals surface area contributed by atoms with Crippen molar-refractivity contribution in [3.63, 3.8) is 0 Å². The van der Waals surface area contributed by atoms with Gasteiger partial charge in [-0.25, -0.2) is 0 Å². The van der Waals surface area contributed by atoms with E-state index in [9.17, 15) is 4.79 Å². The van der Waals surface area contributed by atoms with E-state index in [0.29, 0.717) is 30.1 Å². The highest BCUT2D eigenvalue weighted by atomic mass is 16.5. The lowest BCUT2D eigenvalue weighted by atomic mass is 9.95. The smallest absolute Gasteiger partial charge is 0.174 e. The van der Waals surface area contributed by atoms with Crippen LogP contribution in [0.5, 0.6) is 11.5 Å². The predicted molar refractivity (Wildman–Crippen MR) is 111 cm³/mol. The summed E-state index contributed by atoms with van der Waals surface area (Å²) in [6, 6.07) is 25.5. The summed E-state index contributed by atoms with van der Waals surface area (Å²) < 4.78 is 12.1. The van der Waals surface area contributed by atoms with E-state index >= 15 is 0 Å². The Morgan fingerprint density at radius 1 is 1.00 bits per heavy atom. The van der Waals surface area contributed by atoms with E-state index in [4.69, 9.17) is 9.47 Å². The summed E-state index contributed by atoms with van der Waals surface area (Å²) in [5, 5.41) is 0. The number of ketones is 1. The first-order chi connectivity index (χ1) is 13.7. The van der Waals surface area contributed by atoms with Crippen LogP contribution in [0.15, 0.2) is 84.4 Å². The van der Waals surface area contributed by atoms with Crippen molar-refractivity contribution in [2.75, 3.05) is 0 Å². The van der Waals surface area contributed by atoms with Gasteiger partial charge in [0.15, 0.2) is 5.78 Å². The molecule has 1 atom stereocenters. The maximum Gasteiger partial charge on any atom is 0.174 e. The second-order valence-corrected chi connectivity index (χ2v) is 6.94. The highest BCUT2D eigenvalue weighted by Crippen LogP contribution is 2.36. The summed E-state index contributed by atoms with van der Waals surface area (Å²) >= 11 is 0. The highest BCUT2D eigenvalue weighted by molar-refractivity contribution is 6.02. The van der Waals surface area contributed by atoms with Gasteiger partial charge in [0, 0.05) is 0 Å². The van der Waals surface area contributed by atoms with E-state index in [1.807, 2.05) is 85.8 Å². The van der Waals surface area contributed by atoms with Crippen molar-refractivity contribution in [3.05, 3.63) is 101 Å². The second-order valence-electron chi connectivity index (χ2n) is 6.94. The van der Waals surface area contributed by atoms with Crippen LogP contribution in [-0.2, 0) is 6.61 Å². The average molecular weight is 370 g/mol. The van der Waals surface area contributed by atoms with Crippen molar-refractivity contribution in [1.82, 2.24) is 0 Å². The first-order valence-electron chi connectivity index (χ1n) is 9.43. The van der Waals surface area contributed by atoms with Gasteiger partial charge < -0.3 is 9.47 Å². The molecule has 3 nitrogen and oxygen atoms in total. The zero-order chi connectivity index (χ0) is 19.3. The van der Waals surface area contributed by atoms with Crippen LogP contribution in [0, 0.1) is 0 Å². The van der Waals surface area contributed by atoms with Gasteiger partial charge in [0.05, 0.1) is 6.42 Å². The number of Topliss-reactive ketones (excluding diaryl/α,β-unsaturated/α-hetero) is 1. The van der Waals surface area contributed by atoms with Gasteiger partial charge in [-0.05, 0) is 35.8 Å². The molecule has 0 spiro atoms. The highest BCUT2D eigenvalue weighted by Gasteiger charge is 2.30. The third-order valence-electron chi connectivity index (χ3n) is 4.85. The molecule has 0 aliphatic carbocycles. The van der Waals surface area contributed by atoms with Crippen molar-refractivity contribution in [3.8, 4) is 11.5 Å². The lowest BCUT2D eigenvalue weighted by Gasteiger charge is -2.27. The van der Waals surface area contributed by atoms with E-state index < -0.39 is 0 Å². The number of hydrogen-bond acceptors (Lipinski definition) is 3. The maximum absolute atomic E-state index is 12.9. The molecule has 0 saturated heterocycles. The third kappa shape index (κ3) is 3.99. The van der Waals surface area contributed by atoms with Gasteiger partial charge in [0.1, 0.15) is 29.8 Å². The molecule has 0 amide bonds. The summed E-state index contributed by atoms with van der Waals surface area (Å²) in [5.74, 6) is 1.22. The molecule has 3 aromatic rings. The topological polar surface area (TPSA) is 35.5 Å². The van der Waals surface area contributed by atoms with E-state index in [-0.39, 0.29) is 11.9 Å². The minimum atomic E-state index is -0.260. The number of ether oxygens (including phenoxy) is 2. The Morgan fingerprint density at radius 3 is 2.46 bits per heavy atom. The molecule has 0 bridgehead atoms. The quantitative estimate of drug-likeness (QED) is 0.578. The first kappa shape index (κ1) is 18.1. The van der Waals surface area contributed by atoms with Gasteiger partial charge in [-0.1, -0.05) is 72.8 Å². The molecule has 0 fully saturated rings. The number of fused-ring (bicyclic) bond motifs is 1. The standard InChI is InChI=1S/C25H22O3/c1-18(15-19-9-4-2-5-10-19)24-16-21(26)25-22(13-8-14-23(25)28-24)27-17-20-11-6-3-7-12-20/h2-15,24H,16-17H2,1H3/b18-15+. The van der Waals surface area contributed by atoms with Gasteiger partial charge in [0.2, 0.25) is 0 Å². The van der Waals surface area contributed by atoms with Crippen LogP contribution in [0.25, 0.3) is 6.08 Å². The summed E-state index contributed by atoms with van der Waals surface area (Å²) in [5.41, 5.74) is 3.73. The summed E-state index contributed by atoms with van der Waals surface area (Å²) in [6.45, 7) is 2.42. The van der Waals surface area contributed by atoms with Crippen LogP contribution in [0.4, 0.5) is 0 Å². The van der Waals surface area contributed by atoms with Crippen molar-refractivity contribution in [2.24, 2.45) is 0 Å². The number of hydrogen-bond donors (Lipinski definition) is 0. The number of carbonyl (C=O) groups excluding carboxylic acids is 1. The Morgan fingerprint density at radius 2 is 1.71 bits per heavy atom. The van der Waals surface area contributed by atoms with Crippen molar-refractivity contribution >= 4 is 11.9 Å². The van der Waals surface area contributed by atoms with Crippen LogP contribution in [0.1, 0.15) is 34.8 Å². The Kier molecular flexibility index (Phi) is 5.24. The largest absolute Gasteiger partial charge is 0.488 e. The summed E-state index contributed by atoms with van der Waals surface area (Å²) in [7, 11) is 0. The van der Waals surface area contributed by atoms with Crippen LogP contribution in [0.2, 0.25) is 0 Å². The molecular weight excluding hydrogens is 348 g/mol. The lowest BCUT2D eigenvalue weighted by Crippen LogP contribution is -2.28. The summed E-state index contributed by atoms with van der Waals surface area (Å²) in [4.78, 5) is 12.9. The van der Waals surface area contributed by atoms with Gasteiger partial charge in [-0.15, -0.1) is 0 Å². The van der Waals surface area contributed by atoms with Crippen molar-refractivity contribution < 1.29 is 14.3 Å². The third-order valence-corrected chi connectivity index (χ3v) is 4.85. The molecular formula is C25H22O3. The van der Waals surface area contributed by atoms with Crippen LogP contribution < -0.4 is 9.47 Å². The fourth-order valence-corrected chi connectivity index (χ4v) is 3.36. The molecule has 3 aromatic carbocycles. The minimum Gasteiger partial charge on any atom is -0.488 e. The Balaban J connectivity index is 1.54. The van der Waals surface area contributed by atoms with E-state index in [0.717, 1.165) is 16.7 Å². The van der Waals surface area contributed by atoms with Gasteiger partial charge in [-0.3, -0.25) is 4.79 Å². The molecule has 0 aromatic heterocycles. The molecule has 0 radical (unpaired) electrons. The minimum absolute atomic E-state index is 0.0516. The monoisotopic (exact) mass is 370 g/mol. The predicted octanol–water partition coefficient (Wildman–Crippen LogP) is 5.70. The van der Waals surface area contributed by atoms with Gasteiger partial charge >= 0.3 is 0 Å². The Hall–Kier alpha value is -3.33. The number of rotatable bonds is 5. The molecule has 1 aliphatic rings. The van der Waals surface area contributed by atoms with Crippen LogP contribution >= 0.6 is 0 Å². The molecule has 140 valence electrons. The molecule has 1 aliphatic heterocycles. The Labute approximate surface area is 165 Å².